The van der Waals surface area contributed by atoms with Gasteiger partial charge in [-0.2, -0.15) is 9.40 Å². The van der Waals surface area contributed by atoms with Gasteiger partial charge in [-0.05, 0) is 62.4 Å². The van der Waals surface area contributed by atoms with Gasteiger partial charge in [0.1, 0.15) is 0 Å². The largest absolute Gasteiger partial charge is 0.339 e. The van der Waals surface area contributed by atoms with E-state index in [4.69, 9.17) is 0 Å². The number of pyridine rings is 1. The van der Waals surface area contributed by atoms with Crippen LogP contribution in [0.5, 0.6) is 0 Å². The fraction of sp³-hybridized carbons (Fsp3) is 0.423. The Labute approximate surface area is 206 Å². The van der Waals surface area contributed by atoms with Crippen LogP contribution in [0.3, 0.4) is 0 Å². The van der Waals surface area contributed by atoms with Crippen LogP contribution in [-0.4, -0.2) is 65.1 Å². The molecule has 0 spiro atoms. The first-order valence-electron chi connectivity index (χ1n) is 12.2. The van der Waals surface area contributed by atoms with Crippen molar-refractivity contribution in [3.05, 3.63) is 65.5 Å². The molecule has 3 heterocycles. The van der Waals surface area contributed by atoms with Gasteiger partial charge in [-0.25, -0.2) is 12.9 Å². The van der Waals surface area contributed by atoms with Crippen molar-refractivity contribution in [2.24, 2.45) is 0 Å². The number of amides is 1. The predicted molar refractivity (Wildman–Crippen MR) is 134 cm³/mol. The number of carbonyl (C=O) groups is 2. The summed E-state index contributed by atoms with van der Waals surface area (Å²) in [6.07, 6.45) is 5.25. The molecule has 0 N–H and O–H groups in total. The Kier molecular flexibility index (Phi) is 7.37. The molecule has 1 fully saturated rings. The van der Waals surface area contributed by atoms with Gasteiger partial charge in [-0.1, -0.05) is 19.1 Å². The summed E-state index contributed by atoms with van der Waals surface area (Å²) in [5, 5.41) is 4.34. The van der Waals surface area contributed by atoms with Crippen LogP contribution in [0.25, 0.3) is 5.52 Å². The van der Waals surface area contributed by atoms with Crippen molar-refractivity contribution in [3.8, 4) is 0 Å². The highest BCUT2D eigenvalue weighted by Crippen LogP contribution is 2.32. The van der Waals surface area contributed by atoms with Gasteiger partial charge in [0.15, 0.2) is 5.78 Å². The highest BCUT2D eigenvalue weighted by molar-refractivity contribution is 7.89. The van der Waals surface area contributed by atoms with E-state index in [1.807, 2.05) is 32.2 Å². The Bertz CT molecular complexity index is 1320. The van der Waals surface area contributed by atoms with Crippen LogP contribution in [0.15, 0.2) is 53.7 Å². The fourth-order valence-corrected chi connectivity index (χ4v) is 6.16. The van der Waals surface area contributed by atoms with E-state index >= 15 is 0 Å². The Hall–Kier alpha value is -3.04. The third kappa shape index (κ3) is 4.88. The number of hydrogen-bond donors (Lipinski definition) is 0. The number of Topliss-reactive ketones (excluding diaryl/α,β-unsaturated/α-hetero) is 1. The molecule has 9 heteroatoms. The molecule has 35 heavy (non-hydrogen) atoms. The van der Waals surface area contributed by atoms with E-state index in [0.717, 1.165) is 11.1 Å². The van der Waals surface area contributed by atoms with Gasteiger partial charge in [0.25, 0.3) is 5.91 Å². The minimum absolute atomic E-state index is 0.00753. The smallest absolute Gasteiger partial charge is 0.257 e. The Morgan fingerprint density at radius 1 is 1.03 bits per heavy atom. The van der Waals surface area contributed by atoms with Gasteiger partial charge >= 0.3 is 0 Å². The van der Waals surface area contributed by atoms with Gasteiger partial charge in [0, 0.05) is 44.4 Å². The van der Waals surface area contributed by atoms with Gasteiger partial charge in [-0.3, -0.25) is 9.59 Å². The number of carbonyl (C=O) groups excluding carboxylic acids is 2. The van der Waals surface area contributed by atoms with Crippen molar-refractivity contribution in [2.45, 2.75) is 50.8 Å². The quantitative estimate of drug-likeness (QED) is 0.440. The maximum Gasteiger partial charge on any atom is 0.257 e. The number of benzene rings is 1. The first-order valence-corrected chi connectivity index (χ1v) is 13.6. The molecule has 1 aliphatic heterocycles. The average molecular weight is 497 g/mol. The van der Waals surface area contributed by atoms with E-state index < -0.39 is 10.0 Å². The molecule has 0 bridgehead atoms. The number of aromatic nitrogens is 2. The molecule has 8 nitrogen and oxygen atoms in total. The van der Waals surface area contributed by atoms with Crippen LogP contribution in [0.4, 0.5) is 0 Å². The maximum atomic E-state index is 13.1. The molecular formula is C26H32N4O4S. The van der Waals surface area contributed by atoms with Crippen LogP contribution in [0.2, 0.25) is 0 Å². The molecule has 0 unspecified atom stereocenters. The van der Waals surface area contributed by atoms with Crippen LogP contribution >= 0.6 is 0 Å². The number of ketones is 1. The van der Waals surface area contributed by atoms with Crippen LogP contribution in [0.1, 0.15) is 72.2 Å². The lowest BCUT2D eigenvalue weighted by molar-refractivity contribution is 0.0774. The Morgan fingerprint density at radius 3 is 2.29 bits per heavy atom. The number of fused-ring (bicyclic) bond motifs is 1. The second kappa shape index (κ2) is 10.3. The van der Waals surface area contributed by atoms with Crippen molar-refractivity contribution in [1.29, 1.82) is 0 Å². The van der Waals surface area contributed by atoms with E-state index in [2.05, 4.69) is 5.10 Å². The summed E-state index contributed by atoms with van der Waals surface area (Å²) < 4.78 is 29.5. The molecule has 1 aromatic carbocycles. The summed E-state index contributed by atoms with van der Waals surface area (Å²) in [5.41, 5.74) is 2.97. The van der Waals surface area contributed by atoms with E-state index in [9.17, 15) is 18.0 Å². The molecular weight excluding hydrogens is 464 g/mol. The summed E-state index contributed by atoms with van der Waals surface area (Å²) in [6.45, 7) is 7.80. The monoisotopic (exact) mass is 496 g/mol. The second-order valence-electron chi connectivity index (χ2n) is 8.81. The molecule has 0 saturated carbocycles. The topological polar surface area (TPSA) is 92.1 Å². The molecule has 0 aliphatic carbocycles. The van der Waals surface area contributed by atoms with Gasteiger partial charge < -0.3 is 4.90 Å². The van der Waals surface area contributed by atoms with E-state index in [1.165, 1.54) is 16.4 Å². The van der Waals surface area contributed by atoms with Gasteiger partial charge in [0.2, 0.25) is 10.0 Å². The highest BCUT2D eigenvalue weighted by atomic mass is 32.2. The molecule has 4 rings (SSSR count). The molecule has 2 aromatic heterocycles. The Morgan fingerprint density at radius 2 is 1.69 bits per heavy atom. The lowest BCUT2D eigenvalue weighted by atomic mass is 9.90. The zero-order valence-electron chi connectivity index (χ0n) is 20.5. The summed E-state index contributed by atoms with van der Waals surface area (Å²) in [7, 11) is -3.62. The molecule has 3 aromatic rings. The lowest BCUT2D eigenvalue weighted by Gasteiger charge is -2.31. The second-order valence-corrected chi connectivity index (χ2v) is 10.7. The average Bonchev–Trinajstić information content (AvgIpc) is 3.32. The first-order chi connectivity index (χ1) is 16.8. The summed E-state index contributed by atoms with van der Waals surface area (Å²) in [5.74, 6) is 0.156. The standard InChI is InChI=1S/C26H32N4O4S/c1-4-25(31)20-7-9-22(10-8-20)35(33,34)29-14-11-19(12-15-29)21-13-16-30-24(17-21)23(18-27-30)26(32)28(5-2)6-3/h7-10,13,16-19H,4-6,11-12,14-15H2,1-3H3. The number of hydrogen-bond acceptors (Lipinski definition) is 5. The molecule has 1 saturated heterocycles. The summed E-state index contributed by atoms with van der Waals surface area (Å²) >= 11 is 0. The minimum atomic E-state index is -3.62. The fourth-order valence-electron chi connectivity index (χ4n) is 4.69. The van der Waals surface area contributed by atoms with Gasteiger partial charge in [-0.15, -0.1) is 0 Å². The van der Waals surface area contributed by atoms with Crippen molar-refractivity contribution in [2.75, 3.05) is 26.2 Å². The summed E-state index contributed by atoms with van der Waals surface area (Å²) in [4.78, 5) is 26.7. The first kappa shape index (κ1) is 25.1. The van der Waals surface area contributed by atoms with Crippen molar-refractivity contribution in [1.82, 2.24) is 18.8 Å². The van der Waals surface area contributed by atoms with Crippen molar-refractivity contribution in [3.63, 3.8) is 0 Å². The van der Waals surface area contributed by atoms with Crippen LogP contribution < -0.4 is 0 Å². The van der Waals surface area contributed by atoms with Gasteiger partial charge in [0.05, 0.1) is 22.2 Å². The SMILES string of the molecule is CCC(=O)c1ccc(S(=O)(=O)N2CCC(c3ccn4ncc(C(=O)N(CC)CC)c4c3)CC2)cc1. The lowest BCUT2D eigenvalue weighted by Crippen LogP contribution is -2.37. The maximum absolute atomic E-state index is 13.1. The Balaban J connectivity index is 1.49. The van der Waals surface area contributed by atoms with E-state index in [0.29, 0.717) is 56.6 Å². The third-order valence-corrected chi connectivity index (χ3v) is 8.80. The van der Waals surface area contributed by atoms with Crippen molar-refractivity contribution >= 4 is 27.2 Å². The third-order valence-electron chi connectivity index (χ3n) is 6.89. The van der Waals surface area contributed by atoms with E-state index in [-0.39, 0.29) is 22.5 Å². The minimum Gasteiger partial charge on any atom is -0.339 e. The summed E-state index contributed by atoms with van der Waals surface area (Å²) in [6, 6.07) is 10.2. The molecule has 1 amide bonds. The van der Waals surface area contributed by atoms with Crippen LogP contribution in [0, 0.1) is 0 Å². The number of sulfonamides is 1. The highest BCUT2D eigenvalue weighted by Gasteiger charge is 2.30. The molecule has 186 valence electrons. The normalized spacial score (nSPS) is 15.4. The number of rotatable bonds is 8. The van der Waals surface area contributed by atoms with Crippen LogP contribution in [-0.2, 0) is 10.0 Å². The number of nitrogens with zero attached hydrogens (tertiary/aromatic N) is 4. The van der Waals surface area contributed by atoms with E-state index in [1.54, 1.807) is 34.7 Å². The number of piperidine rings is 1. The zero-order chi connectivity index (χ0) is 25.2. The van der Waals surface area contributed by atoms with Crippen molar-refractivity contribution < 1.29 is 18.0 Å². The predicted octanol–water partition coefficient (Wildman–Crippen LogP) is 3.98. The zero-order valence-corrected chi connectivity index (χ0v) is 21.3. The molecule has 0 atom stereocenters. The molecule has 1 aliphatic rings. The molecule has 0 radical (unpaired) electrons.